The summed E-state index contributed by atoms with van der Waals surface area (Å²) < 4.78 is 9.76. The fourth-order valence-corrected chi connectivity index (χ4v) is 2.96. The zero-order valence-electron chi connectivity index (χ0n) is 15.9. The summed E-state index contributed by atoms with van der Waals surface area (Å²) in [7, 11) is 1.20. The highest BCUT2D eigenvalue weighted by Crippen LogP contribution is 2.28. The number of nitrogens with one attached hydrogen (secondary N) is 2. The van der Waals surface area contributed by atoms with Gasteiger partial charge < -0.3 is 19.8 Å². The summed E-state index contributed by atoms with van der Waals surface area (Å²) in [5, 5.41) is 4.37. The summed E-state index contributed by atoms with van der Waals surface area (Å²) in [5.74, 6) is -1.02. The zero-order chi connectivity index (χ0) is 21.5. The lowest BCUT2D eigenvalue weighted by Gasteiger charge is -2.08. The Morgan fingerprint density at radius 2 is 1.83 bits per heavy atom. The molecule has 2 N–H and O–H groups in total. The van der Waals surface area contributed by atoms with Crippen LogP contribution < -0.4 is 5.32 Å². The van der Waals surface area contributed by atoms with Crippen molar-refractivity contribution in [1.82, 2.24) is 10.3 Å². The van der Waals surface area contributed by atoms with Crippen LogP contribution in [0.25, 0.3) is 17.0 Å². The predicted octanol–water partition coefficient (Wildman–Crippen LogP) is 5.47. The van der Waals surface area contributed by atoms with Crippen molar-refractivity contribution in [2.24, 2.45) is 0 Å². The molecule has 2 aromatic carbocycles. The maximum atomic E-state index is 12.0. The van der Waals surface area contributed by atoms with Gasteiger partial charge in [0.25, 0.3) is 0 Å². The van der Waals surface area contributed by atoms with E-state index in [4.69, 9.17) is 27.9 Å². The number of hydrogen-bond donors (Lipinski definition) is 2. The van der Waals surface area contributed by atoms with Crippen LogP contribution in [0, 0.1) is 0 Å². The first-order valence-electron chi connectivity index (χ1n) is 8.90. The number of halogens is 2. The van der Waals surface area contributed by atoms with Crippen LogP contribution in [0.1, 0.15) is 11.3 Å². The quantitative estimate of drug-likeness (QED) is 0.228. The summed E-state index contributed by atoms with van der Waals surface area (Å²) in [4.78, 5) is 27.1. The van der Waals surface area contributed by atoms with Gasteiger partial charge in [-0.25, -0.2) is 9.59 Å². The minimum absolute atomic E-state index is 0.249. The number of amides is 1. The van der Waals surface area contributed by atoms with Crippen molar-refractivity contribution in [1.29, 1.82) is 0 Å². The van der Waals surface area contributed by atoms with Crippen molar-refractivity contribution in [3.05, 3.63) is 87.7 Å². The third kappa shape index (κ3) is 5.65. The Labute approximate surface area is 183 Å². The van der Waals surface area contributed by atoms with Gasteiger partial charge in [0.05, 0.1) is 17.2 Å². The topological polar surface area (TPSA) is 80.4 Å². The van der Waals surface area contributed by atoms with Gasteiger partial charge in [0.1, 0.15) is 0 Å². The molecule has 30 heavy (non-hydrogen) atoms. The first kappa shape index (κ1) is 21.5. The smallest absolute Gasteiger partial charge is 0.413 e. The number of H-pyrrole nitrogens is 1. The van der Waals surface area contributed by atoms with Gasteiger partial charge in [-0.3, -0.25) is 0 Å². The van der Waals surface area contributed by atoms with Crippen molar-refractivity contribution in [3.63, 3.8) is 0 Å². The van der Waals surface area contributed by atoms with Crippen LogP contribution in [0.3, 0.4) is 0 Å². The number of alkyl carbamates (subject to hydrolysis) is 1. The largest absolute Gasteiger partial charge is 0.463 e. The Morgan fingerprint density at radius 3 is 2.57 bits per heavy atom. The number of rotatable bonds is 6. The van der Waals surface area contributed by atoms with Crippen LogP contribution in [-0.4, -0.2) is 24.2 Å². The van der Waals surface area contributed by atoms with E-state index >= 15 is 0 Å². The van der Waals surface area contributed by atoms with Crippen LogP contribution in [0.2, 0.25) is 10.0 Å². The first-order valence-corrected chi connectivity index (χ1v) is 9.66. The monoisotopic (exact) mass is 444 g/mol. The third-order valence-electron chi connectivity index (χ3n) is 4.07. The summed E-state index contributed by atoms with van der Waals surface area (Å²) in [6, 6.07) is 14.7. The van der Waals surface area contributed by atoms with E-state index in [1.807, 2.05) is 36.4 Å². The number of carbonyl (C=O) groups excluding carboxylic acids is 2. The maximum absolute atomic E-state index is 12.0. The molecule has 0 aliphatic rings. The van der Waals surface area contributed by atoms with E-state index in [9.17, 15) is 9.59 Å². The number of hydrogen-bond acceptors (Lipinski definition) is 4. The van der Waals surface area contributed by atoms with Crippen molar-refractivity contribution in [2.75, 3.05) is 7.11 Å². The molecule has 0 aliphatic heterocycles. The van der Waals surface area contributed by atoms with Gasteiger partial charge in [-0.2, -0.15) is 0 Å². The Bertz CT molecular complexity index is 1080. The molecular weight excluding hydrogens is 427 g/mol. The van der Waals surface area contributed by atoms with E-state index in [1.165, 1.54) is 13.2 Å². The van der Waals surface area contributed by atoms with E-state index in [0.717, 1.165) is 22.2 Å². The number of esters is 1. The zero-order valence-corrected chi connectivity index (χ0v) is 17.5. The summed E-state index contributed by atoms with van der Waals surface area (Å²) >= 11 is 12.0. The van der Waals surface area contributed by atoms with Gasteiger partial charge in [0.2, 0.25) is 5.76 Å². The molecule has 0 atom stereocenters. The van der Waals surface area contributed by atoms with Crippen molar-refractivity contribution >= 4 is 52.2 Å². The molecule has 8 heteroatoms. The fourth-order valence-electron chi connectivity index (χ4n) is 2.63. The molecule has 3 rings (SSSR count). The van der Waals surface area contributed by atoms with Gasteiger partial charge in [-0.15, -0.1) is 0 Å². The molecule has 0 bridgehead atoms. The van der Waals surface area contributed by atoms with Gasteiger partial charge in [-0.05, 0) is 35.9 Å². The molecule has 0 spiro atoms. The van der Waals surface area contributed by atoms with Crippen LogP contribution in [0.5, 0.6) is 0 Å². The third-order valence-corrected chi connectivity index (χ3v) is 4.80. The van der Waals surface area contributed by atoms with E-state index in [2.05, 4.69) is 15.0 Å². The van der Waals surface area contributed by atoms with E-state index in [-0.39, 0.29) is 12.3 Å². The highest BCUT2D eigenvalue weighted by atomic mass is 35.5. The van der Waals surface area contributed by atoms with E-state index in [0.29, 0.717) is 10.0 Å². The molecule has 1 aromatic heterocycles. The minimum Gasteiger partial charge on any atom is -0.463 e. The van der Waals surface area contributed by atoms with Gasteiger partial charge in [-0.1, -0.05) is 59.6 Å². The van der Waals surface area contributed by atoms with Gasteiger partial charge >= 0.3 is 12.1 Å². The highest BCUT2D eigenvalue weighted by molar-refractivity contribution is 6.42. The Kier molecular flexibility index (Phi) is 7.17. The molecular formula is C22H18Cl2N2O4. The van der Waals surface area contributed by atoms with Gasteiger partial charge in [0, 0.05) is 23.1 Å². The number of benzene rings is 2. The molecule has 0 saturated carbocycles. The molecule has 0 fully saturated rings. The van der Waals surface area contributed by atoms with Crippen LogP contribution >= 0.6 is 23.2 Å². The standard InChI is InChI=1S/C22H18Cl2N2O4/c1-29-21(27)20(30-22(28)25-13-14-6-3-2-4-7-14)9-5-8-16-10-15-11-17(23)18(24)12-19(15)26-16/h2-12,26H,13H2,1H3,(H,25,28). The first-order chi connectivity index (χ1) is 14.5. The lowest BCUT2D eigenvalue weighted by Crippen LogP contribution is -2.25. The summed E-state index contributed by atoms with van der Waals surface area (Å²) in [6.45, 7) is 0.268. The average Bonchev–Trinajstić information content (AvgIpc) is 3.13. The molecule has 1 amide bonds. The Hall–Kier alpha value is -3.22. The summed E-state index contributed by atoms with van der Waals surface area (Å²) in [6.07, 6.45) is 3.85. The molecule has 0 aliphatic carbocycles. The number of ether oxygens (including phenoxy) is 2. The molecule has 0 unspecified atom stereocenters. The van der Waals surface area contributed by atoms with Crippen molar-refractivity contribution in [3.8, 4) is 0 Å². The lowest BCUT2D eigenvalue weighted by atomic mass is 10.2. The second kappa shape index (κ2) is 10.0. The fraction of sp³-hybridized carbons (Fsp3) is 0.0909. The molecule has 3 aromatic rings. The number of aromatic nitrogens is 1. The predicted molar refractivity (Wildman–Crippen MR) is 117 cm³/mol. The molecule has 154 valence electrons. The lowest BCUT2D eigenvalue weighted by molar-refractivity contribution is -0.139. The van der Waals surface area contributed by atoms with Crippen molar-refractivity contribution in [2.45, 2.75) is 6.54 Å². The van der Waals surface area contributed by atoms with Crippen LogP contribution in [0.15, 0.2) is 66.4 Å². The Balaban J connectivity index is 1.68. The second-order valence-electron chi connectivity index (χ2n) is 6.19. The number of carbonyl (C=O) groups is 2. The minimum atomic E-state index is -0.773. The number of methoxy groups -OCH3 is 1. The normalized spacial score (nSPS) is 11.6. The maximum Gasteiger partial charge on any atom is 0.413 e. The number of aromatic amines is 1. The number of fused-ring (bicyclic) bond motifs is 1. The van der Waals surface area contributed by atoms with Crippen LogP contribution in [-0.2, 0) is 20.8 Å². The van der Waals surface area contributed by atoms with E-state index in [1.54, 1.807) is 24.3 Å². The highest BCUT2D eigenvalue weighted by Gasteiger charge is 2.15. The van der Waals surface area contributed by atoms with Crippen molar-refractivity contribution < 1.29 is 19.1 Å². The Morgan fingerprint density at radius 1 is 1.10 bits per heavy atom. The SMILES string of the molecule is COC(=O)C(=CC=Cc1cc2cc(Cl)c(Cl)cc2[nH]1)OC(=O)NCc1ccccc1. The number of allylic oxidation sites excluding steroid dienone is 2. The second-order valence-corrected chi connectivity index (χ2v) is 7.00. The molecule has 0 saturated heterocycles. The van der Waals surface area contributed by atoms with Crippen LogP contribution in [0.4, 0.5) is 4.79 Å². The molecule has 1 heterocycles. The molecule has 6 nitrogen and oxygen atoms in total. The van der Waals surface area contributed by atoms with E-state index < -0.39 is 12.1 Å². The average molecular weight is 445 g/mol. The summed E-state index contributed by atoms with van der Waals surface area (Å²) in [5.41, 5.74) is 2.46. The van der Waals surface area contributed by atoms with Gasteiger partial charge in [0.15, 0.2) is 0 Å². The molecule has 0 radical (unpaired) electrons.